The Morgan fingerprint density at radius 3 is 0.861 bits per heavy atom. The molecule has 0 radical (unpaired) electrons. The molecule has 0 aromatic heterocycles. The minimum atomic E-state index is -0.842. The SMILES string of the molecule is CCCCCCCCCCCCCCCC/C=C/C(O)C(CO)NC(=O)CCCCCCCCCCCCCCCCCCCCCCCCCCCCCCOC(=O)CCCCCCCCCCCCCCCCCCCC. The van der Waals surface area contributed by atoms with Crippen LogP contribution in [-0.4, -0.2) is 47.4 Å². The minimum absolute atomic E-state index is 0.0239. The zero-order valence-electron chi connectivity index (χ0n) is 53.9. The number of nitrogens with one attached hydrogen (secondary N) is 1. The number of allylic oxidation sites excluding steroid dienone is 1. The first-order valence-electron chi connectivity index (χ1n) is 36.5. The summed E-state index contributed by atoms with van der Waals surface area (Å²) in [5.74, 6) is -0.0374. The summed E-state index contributed by atoms with van der Waals surface area (Å²) in [4.78, 5) is 24.6. The normalized spacial score (nSPS) is 12.5. The zero-order valence-corrected chi connectivity index (χ0v) is 53.9. The number of amides is 1. The van der Waals surface area contributed by atoms with E-state index in [-0.39, 0.29) is 18.5 Å². The van der Waals surface area contributed by atoms with E-state index in [1.807, 2.05) is 6.08 Å². The van der Waals surface area contributed by atoms with Gasteiger partial charge in [0.05, 0.1) is 25.4 Å². The van der Waals surface area contributed by atoms with E-state index in [0.717, 1.165) is 38.5 Å². The van der Waals surface area contributed by atoms with E-state index in [2.05, 4.69) is 19.2 Å². The highest BCUT2D eigenvalue weighted by atomic mass is 16.5. The Kier molecular flexibility index (Phi) is 67.9. The lowest BCUT2D eigenvalue weighted by Gasteiger charge is -2.20. The number of ether oxygens (including phenoxy) is 1. The van der Waals surface area contributed by atoms with Crippen molar-refractivity contribution in [3.05, 3.63) is 12.2 Å². The highest BCUT2D eigenvalue weighted by Crippen LogP contribution is 2.19. The van der Waals surface area contributed by atoms with Crippen LogP contribution in [-0.2, 0) is 14.3 Å². The van der Waals surface area contributed by atoms with Gasteiger partial charge in [-0.1, -0.05) is 386 Å². The van der Waals surface area contributed by atoms with Gasteiger partial charge in [-0.05, 0) is 32.1 Å². The Morgan fingerprint density at radius 2 is 0.582 bits per heavy atom. The lowest BCUT2D eigenvalue weighted by Crippen LogP contribution is -2.45. The first-order valence-corrected chi connectivity index (χ1v) is 36.5. The van der Waals surface area contributed by atoms with Gasteiger partial charge in [-0.25, -0.2) is 0 Å². The quantitative estimate of drug-likeness (QED) is 0.0320. The Balaban J connectivity index is 3.33. The maximum Gasteiger partial charge on any atom is 0.305 e. The average Bonchev–Trinajstić information content (AvgIpc) is 3.45. The molecular weight excluding hydrogens is 971 g/mol. The first kappa shape index (κ1) is 77.6. The molecule has 0 aliphatic carbocycles. The van der Waals surface area contributed by atoms with Crippen molar-refractivity contribution in [3.8, 4) is 0 Å². The van der Waals surface area contributed by atoms with Gasteiger partial charge >= 0.3 is 5.97 Å². The van der Waals surface area contributed by atoms with Crippen LogP contribution in [0.25, 0.3) is 0 Å². The largest absolute Gasteiger partial charge is 0.466 e. The van der Waals surface area contributed by atoms with E-state index >= 15 is 0 Å². The second kappa shape index (κ2) is 69.1. The molecule has 0 aromatic carbocycles. The van der Waals surface area contributed by atoms with Gasteiger partial charge in [-0.3, -0.25) is 9.59 Å². The summed E-state index contributed by atoms with van der Waals surface area (Å²) < 4.78 is 5.51. The number of carbonyl (C=O) groups excluding carboxylic acids is 2. The fraction of sp³-hybridized carbons (Fsp3) is 0.945. The van der Waals surface area contributed by atoms with Crippen molar-refractivity contribution in [2.45, 2.75) is 431 Å². The summed E-state index contributed by atoms with van der Waals surface area (Å²) >= 11 is 0. The van der Waals surface area contributed by atoms with E-state index in [4.69, 9.17) is 4.74 Å². The van der Waals surface area contributed by atoms with Crippen LogP contribution in [0.4, 0.5) is 0 Å². The molecule has 1 amide bonds. The molecule has 0 heterocycles. The van der Waals surface area contributed by atoms with Crippen molar-refractivity contribution < 1.29 is 24.5 Å². The Morgan fingerprint density at radius 1 is 0.342 bits per heavy atom. The molecule has 6 heteroatoms. The zero-order chi connectivity index (χ0) is 57.1. The maximum atomic E-state index is 12.5. The third kappa shape index (κ3) is 65.6. The summed E-state index contributed by atoms with van der Waals surface area (Å²) in [6.45, 7) is 4.95. The molecule has 0 saturated heterocycles. The second-order valence-electron chi connectivity index (χ2n) is 25.3. The van der Waals surface area contributed by atoms with E-state index in [1.54, 1.807) is 6.08 Å². The van der Waals surface area contributed by atoms with E-state index in [9.17, 15) is 19.8 Å². The number of unbranched alkanes of at least 4 members (excludes halogenated alkanes) is 58. The number of hydrogen-bond donors (Lipinski definition) is 3. The number of aliphatic hydroxyl groups excluding tert-OH is 2. The number of aliphatic hydroxyl groups is 2. The third-order valence-electron chi connectivity index (χ3n) is 17.3. The Bertz CT molecular complexity index is 1190. The molecule has 470 valence electrons. The summed E-state index contributed by atoms with van der Waals surface area (Å²) in [6.07, 6.45) is 85.9. The molecule has 0 rings (SSSR count). The van der Waals surface area contributed by atoms with E-state index in [0.29, 0.717) is 19.4 Å². The Labute approximate surface area is 495 Å². The van der Waals surface area contributed by atoms with Crippen molar-refractivity contribution in [2.24, 2.45) is 0 Å². The van der Waals surface area contributed by atoms with Crippen LogP contribution in [0.1, 0.15) is 418 Å². The van der Waals surface area contributed by atoms with Crippen molar-refractivity contribution in [1.82, 2.24) is 5.32 Å². The van der Waals surface area contributed by atoms with Gasteiger partial charge < -0.3 is 20.3 Å². The Hall–Kier alpha value is -1.40. The van der Waals surface area contributed by atoms with Crippen molar-refractivity contribution in [3.63, 3.8) is 0 Å². The lowest BCUT2D eigenvalue weighted by atomic mass is 10.0. The monoisotopic (exact) mass is 1110 g/mol. The summed E-state index contributed by atoms with van der Waals surface area (Å²) in [5, 5.41) is 23.2. The molecule has 0 aromatic rings. The highest BCUT2D eigenvalue weighted by Gasteiger charge is 2.18. The molecule has 0 saturated carbocycles. The first-order chi connectivity index (χ1) is 39.0. The van der Waals surface area contributed by atoms with Crippen molar-refractivity contribution >= 4 is 11.9 Å². The minimum Gasteiger partial charge on any atom is -0.466 e. The number of carbonyl (C=O) groups is 2. The summed E-state index contributed by atoms with van der Waals surface area (Å²) in [5.41, 5.74) is 0. The van der Waals surface area contributed by atoms with Gasteiger partial charge in [0.2, 0.25) is 5.91 Å². The van der Waals surface area contributed by atoms with E-state index < -0.39 is 12.1 Å². The highest BCUT2D eigenvalue weighted by molar-refractivity contribution is 5.76. The van der Waals surface area contributed by atoms with Gasteiger partial charge in [-0.2, -0.15) is 0 Å². The summed E-state index contributed by atoms with van der Waals surface area (Å²) in [7, 11) is 0. The van der Waals surface area contributed by atoms with Crippen LogP contribution in [0.2, 0.25) is 0 Å². The van der Waals surface area contributed by atoms with Crippen LogP contribution < -0.4 is 5.32 Å². The van der Waals surface area contributed by atoms with Gasteiger partial charge in [0.25, 0.3) is 0 Å². The third-order valence-corrected chi connectivity index (χ3v) is 17.3. The van der Waals surface area contributed by atoms with E-state index in [1.165, 1.54) is 353 Å². The van der Waals surface area contributed by atoms with Gasteiger partial charge in [0.1, 0.15) is 0 Å². The van der Waals surface area contributed by atoms with Crippen LogP contribution >= 0.6 is 0 Å². The van der Waals surface area contributed by atoms with Crippen LogP contribution in [0.5, 0.6) is 0 Å². The fourth-order valence-electron chi connectivity index (χ4n) is 11.8. The van der Waals surface area contributed by atoms with Crippen LogP contribution in [0.3, 0.4) is 0 Å². The molecule has 0 fully saturated rings. The smallest absolute Gasteiger partial charge is 0.305 e. The van der Waals surface area contributed by atoms with Crippen molar-refractivity contribution in [2.75, 3.05) is 13.2 Å². The number of hydrogen-bond acceptors (Lipinski definition) is 5. The lowest BCUT2D eigenvalue weighted by molar-refractivity contribution is -0.143. The van der Waals surface area contributed by atoms with Crippen LogP contribution in [0, 0.1) is 0 Å². The predicted molar refractivity (Wildman–Crippen MR) is 347 cm³/mol. The molecule has 79 heavy (non-hydrogen) atoms. The average molecular weight is 1110 g/mol. The molecule has 0 aliphatic rings. The molecule has 2 atom stereocenters. The number of esters is 1. The van der Waals surface area contributed by atoms with Gasteiger partial charge in [-0.15, -0.1) is 0 Å². The standard InChI is InChI=1S/C73H143NO5/c1-3-5-7-9-11-13-15-17-19-21-35-39-43-47-51-55-59-63-67-73(78)79-68-64-60-56-52-48-44-40-36-33-31-29-27-25-23-22-24-26-28-30-32-34-38-42-46-50-54-58-62-66-72(77)74-70(69-75)71(76)65-61-57-53-49-45-41-37-20-18-16-14-12-10-8-6-4-2/h61,65,70-71,75-76H,3-60,62-64,66-69H2,1-2H3,(H,74,77)/b65-61+. The number of rotatable bonds is 69. The molecule has 3 N–H and O–H groups in total. The summed E-state index contributed by atoms with van der Waals surface area (Å²) in [6, 6.07) is -0.625. The van der Waals surface area contributed by atoms with Gasteiger partial charge in [0, 0.05) is 12.8 Å². The van der Waals surface area contributed by atoms with Gasteiger partial charge in [0.15, 0.2) is 0 Å². The van der Waals surface area contributed by atoms with Crippen LogP contribution in [0.15, 0.2) is 12.2 Å². The molecule has 6 nitrogen and oxygen atoms in total. The molecule has 2 unspecified atom stereocenters. The molecule has 0 bridgehead atoms. The maximum absolute atomic E-state index is 12.5. The molecule has 0 aliphatic heterocycles. The topological polar surface area (TPSA) is 95.9 Å². The fourth-order valence-corrected chi connectivity index (χ4v) is 11.8. The predicted octanol–water partition coefficient (Wildman–Crippen LogP) is 23.5. The second-order valence-corrected chi connectivity index (χ2v) is 25.3. The molecule has 0 spiro atoms. The van der Waals surface area contributed by atoms with Crippen molar-refractivity contribution in [1.29, 1.82) is 0 Å². The molecular formula is C73H143NO5.